The average Bonchev–Trinajstić information content (AvgIpc) is 2.37. The van der Waals surface area contributed by atoms with Gasteiger partial charge in [0, 0.05) is 11.7 Å². The first kappa shape index (κ1) is 15.9. The Balaban J connectivity index is 1.98. The Kier molecular flexibility index (Phi) is 5.25. The Morgan fingerprint density at radius 3 is 2.43 bits per heavy atom. The van der Waals surface area contributed by atoms with E-state index < -0.39 is 17.9 Å². The first-order chi connectivity index (χ1) is 9.95. The van der Waals surface area contributed by atoms with Gasteiger partial charge >= 0.3 is 12.0 Å². The van der Waals surface area contributed by atoms with Crippen LogP contribution in [0.3, 0.4) is 0 Å². The first-order valence-electron chi connectivity index (χ1n) is 6.59. The first-order valence-corrected chi connectivity index (χ1v) is 7.34. The molecule has 21 heavy (non-hydrogen) atoms. The number of carboxylic acid groups (broad SMARTS) is 1. The molecule has 1 aromatic rings. The van der Waals surface area contributed by atoms with Crippen molar-refractivity contribution in [1.29, 1.82) is 0 Å². The van der Waals surface area contributed by atoms with E-state index in [9.17, 15) is 9.59 Å². The van der Waals surface area contributed by atoms with E-state index in [2.05, 4.69) is 15.6 Å². The fourth-order valence-electron chi connectivity index (χ4n) is 2.47. The number of carbonyl (C=O) groups excluding carboxylic acids is 1. The van der Waals surface area contributed by atoms with Gasteiger partial charge in [0.1, 0.15) is 10.3 Å². The molecule has 8 heteroatoms. The molecule has 1 saturated carbocycles. The molecule has 0 aromatic carbocycles. The van der Waals surface area contributed by atoms with E-state index in [1.165, 1.54) is 12.1 Å². The predicted octanol–water partition coefficient (Wildman–Crippen LogP) is 3.15. The van der Waals surface area contributed by atoms with E-state index in [4.69, 9.17) is 28.3 Å². The topological polar surface area (TPSA) is 91.3 Å². The van der Waals surface area contributed by atoms with Crippen LogP contribution in [0.15, 0.2) is 12.1 Å². The molecule has 1 aromatic heterocycles. The molecule has 2 atom stereocenters. The molecule has 2 rings (SSSR count). The predicted molar refractivity (Wildman–Crippen MR) is 79.8 cm³/mol. The van der Waals surface area contributed by atoms with Crippen molar-refractivity contribution in [2.45, 2.75) is 31.7 Å². The largest absolute Gasteiger partial charge is 0.481 e. The lowest BCUT2D eigenvalue weighted by Crippen LogP contribution is -2.46. The highest BCUT2D eigenvalue weighted by atomic mass is 35.5. The number of urea groups is 1. The van der Waals surface area contributed by atoms with Crippen molar-refractivity contribution in [3.05, 3.63) is 22.4 Å². The van der Waals surface area contributed by atoms with Crippen molar-refractivity contribution < 1.29 is 14.7 Å². The number of pyridine rings is 1. The number of halogens is 2. The lowest BCUT2D eigenvalue weighted by molar-refractivity contribution is -0.143. The molecule has 1 fully saturated rings. The minimum atomic E-state index is -0.880. The number of carboxylic acids is 1. The van der Waals surface area contributed by atoms with Crippen LogP contribution in [0.5, 0.6) is 0 Å². The molecule has 0 saturated heterocycles. The second-order valence-electron chi connectivity index (χ2n) is 4.94. The van der Waals surface area contributed by atoms with Gasteiger partial charge in [-0.3, -0.25) is 4.79 Å². The fourth-order valence-corrected chi connectivity index (χ4v) is 2.93. The Labute approximate surface area is 131 Å². The summed E-state index contributed by atoms with van der Waals surface area (Å²) in [4.78, 5) is 26.9. The van der Waals surface area contributed by atoms with Crippen LogP contribution in [0.4, 0.5) is 10.5 Å². The summed E-state index contributed by atoms with van der Waals surface area (Å²) in [5.41, 5.74) is 0.403. The number of aliphatic carboxylic acids is 1. The smallest absolute Gasteiger partial charge is 0.319 e. The van der Waals surface area contributed by atoms with Gasteiger partial charge in [0.05, 0.1) is 5.92 Å². The van der Waals surface area contributed by atoms with Gasteiger partial charge in [-0.15, -0.1) is 0 Å². The van der Waals surface area contributed by atoms with Crippen molar-refractivity contribution in [2.24, 2.45) is 5.92 Å². The van der Waals surface area contributed by atoms with Gasteiger partial charge in [0.15, 0.2) is 0 Å². The van der Waals surface area contributed by atoms with Crippen LogP contribution in [0.25, 0.3) is 0 Å². The highest BCUT2D eigenvalue weighted by Gasteiger charge is 2.31. The molecule has 0 spiro atoms. The third kappa shape index (κ3) is 4.47. The Morgan fingerprint density at radius 1 is 1.19 bits per heavy atom. The van der Waals surface area contributed by atoms with Crippen LogP contribution >= 0.6 is 23.2 Å². The lowest BCUT2D eigenvalue weighted by atomic mass is 9.84. The summed E-state index contributed by atoms with van der Waals surface area (Å²) in [6.07, 6.45) is 3.00. The molecule has 0 radical (unpaired) electrons. The number of aromatic nitrogens is 1. The molecule has 3 N–H and O–H groups in total. The number of hydrogen-bond donors (Lipinski definition) is 3. The van der Waals surface area contributed by atoms with Crippen LogP contribution in [0.1, 0.15) is 25.7 Å². The van der Waals surface area contributed by atoms with E-state index in [-0.39, 0.29) is 16.3 Å². The summed E-state index contributed by atoms with van der Waals surface area (Å²) in [5, 5.41) is 14.8. The number of carbonyl (C=O) groups is 2. The number of nitrogens with one attached hydrogen (secondary N) is 2. The maximum absolute atomic E-state index is 11.9. The highest BCUT2D eigenvalue weighted by molar-refractivity contribution is 6.32. The van der Waals surface area contributed by atoms with E-state index in [1.807, 2.05) is 0 Å². The van der Waals surface area contributed by atoms with Gasteiger partial charge < -0.3 is 15.7 Å². The molecule has 114 valence electrons. The zero-order valence-electron chi connectivity index (χ0n) is 11.1. The summed E-state index contributed by atoms with van der Waals surface area (Å²) in [6, 6.07) is 2.07. The molecule has 2 amide bonds. The Hall–Kier alpha value is -1.53. The molecule has 0 bridgehead atoms. The van der Waals surface area contributed by atoms with E-state index in [0.717, 1.165) is 12.8 Å². The second-order valence-corrected chi connectivity index (χ2v) is 5.71. The van der Waals surface area contributed by atoms with Crippen LogP contribution in [0.2, 0.25) is 10.3 Å². The molecule has 0 aliphatic heterocycles. The maximum atomic E-state index is 11.9. The number of rotatable bonds is 3. The van der Waals surface area contributed by atoms with Gasteiger partial charge in [-0.25, -0.2) is 9.78 Å². The van der Waals surface area contributed by atoms with Crippen molar-refractivity contribution in [1.82, 2.24) is 10.3 Å². The number of nitrogens with zero attached hydrogens (tertiary/aromatic N) is 1. The number of amides is 2. The third-order valence-electron chi connectivity index (χ3n) is 3.42. The number of anilines is 1. The number of hydrogen-bond acceptors (Lipinski definition) is 3. The molecule has 1 aliphatic carbocycles. The molecule has 1 heterocycles. The van der Waals surface area contributed by atoms with Crippen molar-refractivity contribution in [3.8, 4) is 0 Å². The summed E-state index contributed by atoms with van der Waals surface area (Å²) in [7, 11) is 0. The van der Waals surface area contributed by atoms with Gasteiger partial charge in [-0.1, -0.05) is 36.0 Å². The fraction of sp³-hybridized carbons (Fsp3) is 0.462. The third-order valence-corrected chi connectivity index (χ3v) is 3.81. The SMILES string of the molecule is O=C(Nc1cc(Cl)nc(Cl)c1)NC1CCCCC1C(=O)O. The average molecular weight is 332 g/mol. The zero-order valence-corrected chi connectivity index (χ0v) is 12.6. The molecule has 1 aliphatic rings. The standard InChI is InChI=1S/C13H15Cl2N3O3/c14-10-5-7(6-11(15)18-10)16-13(21)17-9-4-2-1-3-8(9)12(19)20/h5-6,8-9H,1-4H2,(H,19,20)(H2,16,17,18,21). The van der Waals surface area contributed by atoms with E-state index >= 15 is 0 Å². The quantitative estimate of drug-likeness (QED) is 0.742. The van der Waals surface area contributed by atoms with Crippen LogP contribution in [-0.4, -0.2) is 28.1 Å². The monoisotopic (exact) mass is 331 g/mol. The van der Waals surface area contributed by atoms with E-state index in [0.29, 0.717) is 18.5 Å². The minimum absolute atomic E-state index is 0.166. The summed E-state index contributed by atoms with van der Waals surface area (Å²) >= 11 is 11.5. The zero-order chi connectivity index (χ0) is 15.4. The summed E-state index contributed by atoms with van der Waals surface area (Å²) in [5.74, 6) is -1.43. The normalized spacial score (nSPS) is 21.6. The minimum Gasteiger partial charge on any atom is -0.481 e. The summed E-state index contributed by atoms with van der Waals surface area (Å²) in [6.45, 7) is 0. The molecule has 6 nitrogen and oxygen atoms in total. The highest BCUT2D eigenvalue weighted by Crippen LogP contribution is 2.25. The van der Waals surface area contributed by atoms with Gasteiger partial charge in [0.25, 0.3) is 0 Å². The maximum Gasteiger partial charge on any atom is 0.319 e. The lowest BCUT2D eigenvalue weighted by Gasteiger charge is -2.29. The summed E-state index contributed by atoms with van der Waals surface area (Å²) < 4.78 is 0. The van der Waals surface area contributed by atoms with Gasteiger partial charge in [-0.2, -0.15) is 0 Å². The van der Waals surface area contributed by atoms with Crippen LogP contribution in [0, 0.1) is 5.92 Å². The Bertz CT molecular complexity index is 533. The molecular formula is C13H15Cl2N3O3. The van der Waals surface area contributed by atoms with Crippen molar-refractivity contribution in [3.63, 3.8) is 0 Å². The van der Waals surface area contributed by atoms with Gasteiger partial charge in [0.2, 0.25) is 0 Å². The van der Waals surface area contributed by atoms with Crippen molar-refractivity contribution in [2.75, 3.05) is 5.32 Å². The molecule has 2 unspecified atom stereocenters. The second kappa shape index (κ2) is 6.95. The van der Waals surface area contributed by atoms with Crippen LogP contribution in [-0.2, 0) is 4.79 Å². The van der Waals surface area contributed by atoms with Crippen molar-refractivity contribution >= 4 is 40.9 Å². The van der Waals surface area contributed by atoms with E-state index in [1.54, 1.807) is 0 Å². The Morgan fingerprint density at radius 2 is 1.81 bits per heavy atom. The van der Waals surface area contributed by atoms with Crippen LogP contribution < -0.4 is 10.6 Å². The van der Waals surface area contributed by atoms with Gasteiger partial charge in [-0.05, 0) is 25.0 Å². The molecular weight excluding hydrogens is 317 g/mol.